The van der Waals surface area contributed by atoms with Crippen LogP contribution < -0.4 is 15.4 Å². The fraction of sp³-hybridized carbons (Fsp3) is 0.526. The van der Waals surface area contributed by atoms with Crippen molar-refractivity contribution < 1.29 is 22.4 Å². The number of nitrogens with one attached hydrogen (secondary N) is 2. The molecule has 1 heterocycles. The van der Waals surface area contributed by atoms with Crippen molar-refractivity contribution in [3.63, 3.8) is 0 Å². The molecular formula is C19H26F3N5O2. The van der Waals surface area contributed by atoms with Gasteiger partial charge >= 0.3 is 6.18 Å². The van der Waals surface area contributed by atoms with Gasteiger partial charge in [-0.2, -0.15) is 18.2 Å². The van der Waals surface area contributed by atoms with E-state index in [9.17, 15) is 13.2 Å². The van der Waals surface area contributed by atoms with Crippen LogP contribution in [0.4, 0.5) is 13.2 Å². The lowest BCUT2D eigenvalue weighted by Gasteiger charge is -2.16. The summed E-state index contributed by atoms with van der Waals surface area (Å²) in [7, 11) is 1.59. The first-order chi connectivity index (χ1) is 13.5. The Labute approximate surface area is 167 Å². The van der Waals surface area contributed by atoms with Crippen molar-refractivity contribution in [3.8, 4) is 5.75 Å². The maximum absolute atomic E-state index is 12.5. The molecule has 0 fully saturated rings. The van der Waals surface area contributed by atoms with Crippen molar-refractivity contribution in [2.24, 2.45) is 4.99 Å². The Morgan fingerprint density at radius 3 is 2.45 bits per heavy atom. The average molecular weight is 413 g/mol. The molecule has 0 saturated heterocycles. The van der Waals surface area contributed by atoms with Crippen LogP contribution in [-0.4, -0.2) is 35.9 Å². The number of aromatic nitrogens is 2. The van der Waals surface area contributed by atoms with E-state index in [-0.39, 0.29) is 24.3 Å². The summed E-state index contributed by atoms with van der Waals surface area (Å²) in [6, 6.07) is 5.10. The van der Waals surface area contributed by atoms with E-state index in [0.29, 0.717) is 23.2 Å². The van der Waals surface area contributed by atoms with Crippen LogP contribution in [0.15, 0.2) is 27.7 Å². The average Bonchev–Trinajstić information content (AvgIpc) is 3.10. The van der Waals surface area contributed by atoms with Gasteiger partial charge in [0, 0.05) is 24.6 Å². The second kappa shape index (κ2) is 9.15. The highest BCUT2D eigenvalue weighted by Gasteiger charge is 2.29. The molecule has 0 bridgehead atoms. The summed E-state index contributed by atoms with van der Waals surface area (Å²) < 4.78 is 47.7. The van der Waals surface area contributed by atoms with Crippen molar-refractivity contribution in [3.05, 3.63) is 41.0 Å². The quantitative estimate of drug-likeness (QED) is 0.557. The van der Waals surface area contributed by atoms with E-state index in [4.69, 9.17) is 9.26 Å². The summed E-state index contributed by atoms with van der Waals surface area (Å²) in [5.41, 5.74) is 1.14. The molecule has 0 aliphatic heterocycles. The number of alkyl halides is 3. The molecule has 29 heavy (non-hydrogen) atoms. The molecule has 2 N–H and O–H groups in total. The van der Waals surface area contributed by atoms with E-state index in [1.54, 1.807) is 32.2 Å². The van der Waals surface area contributed by atoms with Crippen LogP contribution >= 0.6 is 0 Å². The highest BCUT2D eigenvalue weighted by molar-refractivity contribution is 5.79. The topological polar surface area (TPSA) is 84.6 Å². The van der Waals surface area contributed by atoms with Gasteiger partial charge in [0.2, 0.25) is 5.89 Å². The van der Waals surface area contributed by atoms with Crippen LogP contribution in [0.3, 0.4) is 0 Å². The Bertz CT molecular complexity index is 841. The zero-order valence-electron chi connectivity index (χ0n) is 17.1. The number of halogens is 3. The second-order valence-electron chi connectivity index (χ2n) is 7.56. The molecule has 2 aromatic rings. The normalized spacial score (nSPS) is 12.8. The summed E-state index contributed by atoms with van der Waals surface area (Å²) in [4.78, 5) is 8.42. The monoisotopic (exact) mass is 413 g/mol. The van der Waals surface area contributed by atoms with Crippen LogP contribution in [-0.2, 0) is 18.5 Å². The molecule has 0 spiro atoms. The van der Waals surface area contributed by atoms with Gasteiger partial charge in [0.15, 0.2) is 18.4 Å². The zero-order valence-corrected chi connectivity index (χ0v) is 17.1. The molecule has 7 nitrogen and oxygen atoms in total. The SMILES string of the molecule is CN=C(NCc1noc(C(C)(C)C)n1)NCc1ccc(C)cc1OCC(F)(F)F. The maximum Gasteiger partial charge on any atom is 0.422 e. The van der Waals surface area contributed by atoms with Crippen molar-refractivity contribution in [2.45, 2.75) is 52.4 Å². The van der Waals surface area contributed by atoms with Crippen LogP contribution in [0.2, 0.25) is 0 Å². The van der Waals surface area contributed by atoms with E-state index < -0.39 is 12.8 Å². The van der Waals surface area contributed by atoms with Crippen LogP contribution in [0.1, 0.15) is 43.6 Å². The second-order valence-corrected chi connectivity index (χ2v) is 7.56. The first-order valence-electron chi connectivity index (χ1n) is 9.04. The van der Waals surface area contributed by atoms with Gasteiger partial charge in [-0.15, -0.1) is 0 Å². The van der Waals surface area contributed by atoms with E-state index >= 15 is 0 Å². The van der Waals surface area contributed by atoms with E-state index in [2.05, 4.69) is 25.8 Å². The summed E-state index contributed by atoms with van der Waals surface area (Å²) in [6.45, 7) is 6.87. The number of hydrogen-bond donors (Lipinski definition) is 2. The van der Waals surface area contributed by atoms with Crippen molar-refractivity contribution in [2.75, 3.05) is 13.7 Å². The van der Waals surface area contributed by atoms with Crippen LogP contribution in [0.5, 0.6) is 5.75 Å². The number of hydrogen-bond acceptors (Lipinski definition) is 5. The molecular weight excluding hydrogens is 387 g/mol. The van der Waals surface area contributed by atoms with Gasteiger partial charge in [-0.1, -0.05) is 38.1 Å². The Kier molecular flexibility index (Phi) is 7.10. The fourth-order valence-corrected chi connectivity index (χ4v) is 2.29. The van der Waals surface area contributed by atoms with Crippen molar-refractivity contribution >= 4 is 5.96 Å². The Hall–Kier alpha value is -2.78. The number of aryl methyl sites for hydroxylation is 1. The molecule has 0 aliphatic carbocycles. The lowest BCUT2D eigenvalue weighted by molar-refractivity contribution is -0.153. The van der Waals surface area contributed by atoms with Crippen LogP contribution in [0, 0.1) is 6.92 Å². The highest BCUT2D eigenvalue weighted by atomic mass is 19.4. The molecule has 160 valence electrons. The van der Waals surface area contributed by atoms with E-state index in [0.717, 1.165) is 5.56 Å². The lowest BCUT2D eigenvalue weighted by Crippen LogP contribution is -2.36. The number of ether oxygens (including phenoxy) is 1. The summed E-state index contributed by atoms with van der Waals surface area (Å²) in [5, 5.41) is 10.0. The van der Waals surface area contributed by atoms with E-state index in [1.165, 1.54) is 0 Å². The van der Waals surface area contributed by atoms with Gasteiger partial charge in [0.1, 0.15) is 5.75 Å². The van der Waals surface area contributed by atoms with Gasteiger partial charge in [-0.25, -0.2) is 0 Å². The van der Waals surface area contributed by atoms with Crippen molar-refractivity contribution in [1.29, 1.82) is 0 Å². The molecule has 0 amide bonds. The van der Waals surface area contributed by atoms with Crippen molar-refractivity contribution in [1.82, 2.24) is 20.8 Å². The first kappa shape index (κ1) is 22.5. The number of benzene rings is 1. The molecule has 1 aromatic carbocycles. The zero-order chi connectivity index (χ0) is 21.7. The molecule has 1 aromatic heterocycles. The Morgan fingerprint density at radius 1 is 1.17 bits per heavy atom. The summed E-state index contributed by atoms with van der Waals surface area (Å²) >= 11 is 0. The summed E-state index contributed by atoms with van der Waals surface area (Å²) in [6.07, 6.45) is -4.40. The standard InChI is InChI=1S/C19H26F3N5O2/c1-12-6-7-13(14(8-12)28-11-19(20,21)22)9-24-17(23-5)25-10-15-26-16(29-27-15)18(2,3)4/h6-8H,9-11H2,1-5H3,(H2,23,24,25). The van der Waals surface area contributed by atoms with Gasteiger partial charge in [0.25, 0.3) is 0 Å². The molecule has 0 atom stereocenters. The third kappa shape index (κ3) is 7.28. The van der Waals surface area contributed by atoms with Gasteiger partial charge in [0.05, 0.1) is 6.54 Å². The summed E-state index contributed by atoms with van der Waals surface area (Å²) in [5.74, 6) is 1.62. The Morgan fingerprint density at radius 2 is 1.86 bits per heavy atom. The molecule has 0 saturated carbocycles. The molecule has 0 aliphatic rings. The van der Waals surface area contributed by atoms with Gasteiger partial charge in [-0.3, -0.25) is 4.99 Å². The molecule has 2 rings (SSSR count). The predicted molar refractivity (Wildman–Crippen MR) is 103 cm³/mol. The number of aliphatic imine (C=N–C) groups is 1. The van der Waals surface area contributed by atoms with Gasteiger partial charge < -0.3 is 19.9 Å². The Balaban J connectivity index is 1.96. The number of rotatable bonds is 6. The first-order valence-corrected chi connectivity index (χ1v) is 9.04. The molecule has 0 unspecified atom stereocenters. The molecule has 0 radical (unpaired) electrons. The third-order valence-electron chi connectivity index (χ3n) is 3.81. The third-order valence-corrected chi connectivity index (χ3v) is 3.81. The largest absolute Gasteiger partial charge is 0.484 e. The minimum Gasteiger partial charge on any atom is -0.484 e. The predicted octanol–water partition coefficient (Wildman–Crippen LogP) is 3.48. The van der Waals surface area contributed by atoms with E-state index in [1.807, 2.05) is 20.8 Å². The van der Waals surface area contributed by atoms with Crippen LogP contribution in [0.25, 0.3) is 0 Å². The smallest absolute Gasteiger partial charge is 0.422 e. The highest BCUT2D eigenvalue weighted by Crippen LogP contribution is 2.24. The maximum atomic E-state index is 12.5. The number of guanidine groups is 1. The minimum absolute atomic E-state index is 0.179. The minimum atomic E-state index is -4.40. The fourth-order valence-electron chi connectivity index (χ4n) is 2.29. The molecule has 10 heteroatoms. The lowest BCUT2D eigenvalue weighted by atomic mass is 9.97. The van der Waals surface area contributed by atoms with Gasteiger partial charge in [-0.05, 0) is 18.6 Å². The number of nitrogens with zero attached hydrogens (tertiary/aromatic N) is 3.